The molecule has 4 aliphatic rings. The normalized spacial score (nSPS) is 32.6. The number of hydrogen-bond donors (Lipinski definition) is 4. The summed E-state index contributed by atoms with van der Waals surface area (Å²) >= 11 is 6.24. The van der Waals surface area contributed by atoms with Gasteiger partial charge in [0.1, 0.15) is 6.04 Å². The molecule has 3 saturated heterocycles. The summed E-state index contributed by atoms with van der Waals surface area (Å²) in [6.45, 7) is 5.72. The summed E-state index contributed by atoms with van der Waals surface area (Å²) < 4.78 is 33.7. The number of hydrogen-bond acceptors (Lipinski definition) is 7. The van der Waals surface area contributed by atoms with E-state index in [0.717, 1.165) is 56.9 Å². The van der Waals surface area contributed by atoms with Crippen LogP contribution in [0, 0.1) is 11.8 Å². The molecule has 4 fully saturated rings. The monoisotopic (exact) mass is 651 g/mol. The first-order valence-corrected chi connectivity index (χ1v) is 18.4. The Kier molecular flexibility index (Phi) is 11.0. The number of piperazine rings is 1. The van der Waals surface area contributed by atoms with Gasteiger partial charge in [-0.3, -0.25) is 9.59 Å². The van der Waals surface area contributed by atoms with Crippen molar-refractivity contribution in [3.05, 3.63) is 34.9 Å². The number of nitrogens with zero attached hydrogens (tertiary/aromatic N) is 1. The number of carbonyl (C=O) groups excluding carboxylic acids is 2. The van der Waals surface area contributed by atoms with E-state index in [0.29, 0.717) is 31.1 Å². The fourth-order valence-electron chi connectivity index (χ4n) is 8.05. The van der Waals surface area contributed by atoms with Crippen molar-refractivity contribution in [2.24, 2.45) is 17.6 Å². The van der Waals surface area contributed by atoms with Crippen molar-refractivity contribution >= 4 is 33.4 Å². The molecule has 5 rings (SSSR count). The van der Waals surface area contributed by atoms with Crippen molar-refractivity contribution < 1.29 is 22.7 Å². The van der Waals surface area contributed by atoms with Crippen LogP contribution in [-0.2, 0) is 24.3 Å². The van der Waals surface area contributed by atoms with Crippen molar-refractivity contribution in [1.82, 2.24) is 20.3 Å². The summed E-state index contributed by atoms with van der Waals surface area (Å²) in [6, 6.07) is 6.87. The number of benzene rings is 1. The van der Waals surface area contributed by atoms with Crippen LogP contribution in [0.3, 0.4) is 0 Å². The highest BCUT2D eigenvalue weighted by Gasteiger charge is 2.43. The number of fused-ring (bicyclic) bond motifs is 2. The first-order chi connectivity index (χ1) is 21.0. The Labute approximate surface area is 267 Å². The van der Waals surface area contributed by atoms with Crippen LogP contribution in [0.25, 0.3) is 0 Å². The molecular weight excluding hydrogens is 602 g/mol. The fourth-order valence-corrected chi connectivity index (χ4v) is 9.99. The highest BCUT2D eigenvalue weighted by Crippen LogP contribution is 2.41. The summed E-state index contributed by atoms with van der Waals surface area (Å²) in [5.74, 6) is -0.316. The van der Waals surface area contributed by atoms with Crippen molar-refractivity contribution in [2.75, 3.05) is 32.0 Å². The minimum absolute atomic E-state index is 0.0400. The Hall–Kier alpha value is -1.76. The minimum atomic E-state index is -3.25. The molecule has 1 aromatic rings. The van der Waals surface area contributed by atoms with Crippen molar-refractivity contribution in [3.8, 4) is 0 Å². The van der Waals surface area contributed by atoms with Crippen LogP contribution in [0.2, 0.25) is 5.02 Å². The van der Waals surface area contributed by atoms with Crippen molar-refractivity contribution in [1.29, 1.82) is 0 Å². The van der Waals surface area contributed by atoms with Gasteiger partial charge in [0.2, 0.25) is 21.8 Å². The Morgan fingerprint density at radius 3 is 2.64 bits per heavy atom. The maximum atomic E-state index is 14.2. The number of nitrogens with two attached hydrogens (primary N) is 1. The van der Waals surface area contributed by atoms with E-state index in [1.807, 2.05) is 24.3 Å². The molecule has 5 N–H and O–H groups in total. The Balaban J connectivity index is 1.32. The zero-order valence-electron chi connectivity index (χ0n) is 26.1. The molecule has 3 heterocycles. The maximum Gasteiger partial charge on any atom is 0.243 e. The summed E-state index contributed by atoms with van der Waals surface area (Å²) in [6.07, 6.45) is 7.53. The predicted molar refractivity (Wildman–Crippen MR) is 172 cm³/mol. The van der Waals surface area contributed by atoms with E-state index < -0.39 is 16.1 Å². The molecule has 2 unspecified atom stereocenters. The van der Waals surface area contributed by atoms with Crippen LogP contribution in [-0.4, -0.2) is 86.3 Å². The van der Waals surface area contributed by atoms with Crippen molar-refractivity contribution in [3.63, 3.8) is 0 Å². The second kappa shape index (κ2) is 14.3. The van der Waals surface area contributed by atoms with Gasteiger partial charge in [-0.25, -0.2) is 8.42 Å². The van der Waals surface area contributed by atoms with Crippen LogP contribution >= 0.6 is 11.6 Å². The van der Waals surface area contributed by atoms with E-state index in [1.54, 1.807) is 4.31 Å². The lowest BCUT2D eigenvalue weighted by atomic mass is 9.73. The molecule has 0 radical (unpaired) electrons. The molecule has 44 heavy (non-hydrogen) atoms. The second-order valence-electron chi connectivity index (χ2n) is 13.9. The van der Waals surface area contributed by atoms with Gasteiger partial charge in [0.25, 0.3) is 0 Å². The lowest BCUT2D eigenvalue weighted by Crippen LogP contribution is -2.57. The van der Waals surface area contributed by atoms with Gasteiger partial charge < -0.3 is 26.4 Å². The molecule has 0 spiro atoms. The molecule has 3 aliphatic heterocycles. The summed E-state index contributed by atoms with van der Waals surface area (Å²) in [5, 5.41) is 10.5. The van der Waals surface area contributed by atoms with Crippen LogP contribution in [0.15, 0.2) is 24.3 Å². The molecule has 12 heteroatoms. The Morgan fingerprint density at radius 1 is 1.14 bits per heavy atom. The van der Waals surface area contributed by atoms with E-state index in [1.165, 1.54) is 0 Å². The Bertz CT molecular complexity index is 1260. The van der Waals surface area contributed by atoms with E-state index in [-0.39, 0.29) is 65.6 Å². The molecule has 2 amide bonds. The lowest BCUT2D eigenvalue weighted by molar-refractivity contribution is -0.131. The first-order valence-electron chi connectivity index (χ1n) is 16.4. The minimum Gasteiger partial charge on any atom is -0.376 e. The van der Waals surface area contributed by atoms with Gasteiger partial charge >= 0.3 is 0 Å². The SMILES string of the molecule is CC1(C)CC([C@H](c2ccc(Cl)cc2)[C@H](NC(=O)CN)C(=O)N[C@H]2CCC[C@@H]2CC[C@H]2CN[C@@H]3CCCS(=O)(=O)N2C3)CCO1. The Morgan fingerprint density at radius 2 is 1.91 bits per heavy atom. The number of sulfonamides is 1. The molecular formula is C32H50ClN5O5S. The zero-order valence-corrected chi connectivity index (χ0v) is 27.7. The van der Waals surface area contributed by atoms with E-state index >= 15 is 0 Å². The summed E-state index contributed by atoms with van der Waals surface area (Å²) in [7, 11) is -3.25. The number of ether oxygens (including phenoxy) is 1. The molecule has 1 aromatic carbocycles. The third kappa shape index (κ3) is 8.14. The zero-order chi connectivity index (χ0) is 31.5. The smallest absolute Gasteiger partial charge is 0.243 e. The van der Waals surface area contributed by atoms with Crippen LogP contribution in [0.1, 0.15) is 83.1 Å². The van der Waals surface area contributed by atoms with Crippen LogP contribution in [0.4, 0.5) is 0 Å². The number of amides is 2. The number of carbonyl (C=O) groups is 2. The predicted octanol–water partition coefficient (Wildman–Crippen LogP) is 2.90. The van der Waals surface area contributed by atoms with E-state index in [4.69, 9.17) is 22.1 Å². The quantitative estimate of drug-likeness (QED) is 0.305. The second-order valence-corrected chi connectivity index (χ2v) is 16.3. The standard InChI is InChI=1S/C32H50ClN5O5S/c1-32(2)17-23(14-15-43-32)29(22-8-11-24(33)12-9-22)30(37-28(39)18-34)31(40)36-27-7-3-5-21(27)10-13-26-19-35-25-6-4-16-44(41,42)38(26)20-25/h8-9,11-12,21,23,25-27,29-30,35H,3-7,10,13-20,34H2,1-2H3,(H,36,40)(H,37,39)/t21-,23?,25-,26+,27+,29+,30+/m1/s1. The van der Waals surface area contributed by atoms with Gasteiger partial charge in [0.05, 0.1) is 17.9 Å². The highest BCUT2D eigenvalue weighted by molar-refractivity contribution is 7.89. The van der Waals surface area contributed by atoms with Gasteiger partial charge in [-0.05, 0) is 94.7 Å². The van der Waals surface area contributed by atoms with Crippen LogP contribution < -0.4 is 21.7 Å². The largest absolute Gasteiger partial charge is 0.376 e. The van der Waals surface area contributed by atoms with Crippen molar-refractivity contribution in [2.45, 2.75) is 107 Å². The third-order valence-electron chi connectivity index (χ3n) is 10.3. The number of rotatable bonds is 10. The highest BCUT2D eigenvalue weighted by atomic mass is 35.5. The molecule has 10 nitrogen and oxygen atoms in total. The molecule has 2 bridgehead atoms. The molecule has 246 valence electrons. The number of nitrogens with one attached hydrogen (secondary N) is 3. The third-order valence-corrected chi connectivity index (χ3v) is 12.5. The molecule has 8 atom stereocenters. The molecule has 0 aromatic heterocycles. The fraction of sp³-hybridized carbons (Fsp3) is 0.750. The van der Waals surface area contributed by atoms with Gasteiger partial charge in [-0.1, -0.05) is 30.2 Å². The van der Waals surface area contributed by atoms with Crippen LogP contribution in [0.5, 0.6) is 0 Å². The van der Waals surface area contributed by atoms with Gasteiger partial charge in [-0.2, -0.15) is 4.31 Å². The number of halogens is 1. The lowest BCUT2D eigenvalue weighted by Gasteiger charge is -2.42. The first kappa shape index (κ1) is 33.6. The topological polar surface area (TPSA) is 143 Å². The molecule has 1 aliphatic carbocycles. The van der Waals surface area contributed by atoms with E-state index in [9.17, 15) is 18.0 Å². The van der Waals surface area contributed by atoms with Gasteiger partial charge in [0, 0.05) is 48.8 Å². The molecule has 1 saturated carbocycles. The van der Waals surface area contributed by atoms with E-state index in [2.05, 4.69) is 29.8 Å². The summed E-state index contributed by atoms with van der Waals surface area (Å²) in [4.78, 5) is 27.0. The average molecular weight is 652 g/mol. The average Bonchev–Trinajstić information content (AvgIpc) is 3.38. The maximum absolute atomic E-state index is 14.2. The van der Waals surface area contributed by atoms with Gasteiger partial charge in [-0.15, -0.1) is 0 Å². The summed E-state index contributed by atoms with van der Waals surface area (Å²) in [5.41, 5.74) is 6.32. The van der Waals surface area contributed by atoms with Gasteiger partial charge in [0.15, 0.2) is 0 Å².